The van der Waals surface area contributed by atoms with Crippen molar-refractivity contribution in [1.29, 1.82) is 0 Å². The van der Waals surface area contributed by atoms with Gasteiger partial charge in [0.05, 0.1) is 28.9 Å². The van der Waals surface area contributed by atoms with E-state index in [2.05, 4.69) is 10.3 Å². The molecule has 3 aromatic rings. The van der Waals surface area contributed by atoms with Crippen LogP contribution in [0.5, 0.6) is 17.2 Å². The molecule has 0 spiro atoms. The third kappa shape index (κ3) is 3.77. The highest BCUT2D eigenvalue weighted by molar-refractivity contribution is 6.34. The van der Waals surface area contributed by atoms with Gasteiger partial charge < -0.3 is 19.9 Å². The number of aldehydes is 1. The van der Waals surface area contributed by atoms with Crippen LogP contribution in [0.15, 0.2) is 42.6 Å². The Morgan fingerprint density at radius 2 is 1.97 bits per heavy atom. The first-order chi connectivity index (χ1) is 14.9. The molecular weight excluding hydrogens is 424 g/mol. The highest BCUT2D eigenvalue weighted by Gasteiger charge is 2.57. The molecule has 1 fully saturated rings. The van der Waals surface area contributed by atoms with Gasteiger partial charge in [0.25, 0.3) is 0 Å². The summed E-state index contributed by atoms with van der Waals surface area (Å²) in [4.78, 5) is 39.2. The number of hydrogen-bond donors (Lipinski definition) is 2. The van der Waals surface area contributed by atoms with Gasteiger partial charge in [-0.25, -0.2) is 0 Å². The van der Waals surface area contributed by atoms with Crippen LogP contribution < -0.4 is 14.8 Å². The second kappa shape index (κ2) is 7.88. The molecule has 0 radical (unpaired) electrons. The van der Waals surface area contributed by atoms with E-state index in [9.17, 15) is 19.5 Å². The van der Waals surface area contributed by atoms with Crippen LogP contribution in [0.1, 0.15) is 23.2 Å². The Morgan fingerprint density at radius 3 is 2.58 bits per heavy atom. The normalized spacial score (nSPS) is 14.0. The summed E-state index contributed by atoms with van der Waals surface area (Å²) in [5.41, 5.74) is -0.139. The number of anilines is 1. The van der Waals surface area contributed by atoms with Gasteiger partial charge in [0, 0.05) is 23.7 Å². The van der Waals surface area contributed by atoms with Crippen LogP contribution in [-0.2, 0) is 9.59 Å². The van der Waals surface area contributed by atoms with Crippen molar-refractivity contribution in [2.24, 2.45) is 5.41 Å². The van der Waals surface area contributed by atoms with Crippen molar-refractivity contribution in [3.05, 3.63) is 53.2 Å². The highest BCUT2D eigenvalue weighted by atomic mass is 35.5. The van der Waals surface area contributed by atoms with Gasteiger partial charge in [-0.15, -0.1) is 0 Å². The Morgan fingerprint density at radius 1 is 1.19 bits per heavy atom. The maximum absolute atomic E-state index is 12.3. The van der Waals surface area contributed by atoms with Gasteiger partial charge in [-0.3, -0.25) is 19.4 Å². The third-order valence-corrected chi connectivity index (χ3v) is 5.50. The van der Waals surface area contributed by atoms with Gasteiger partial charge in [-0.1, -0.05) is 11.6 Å². The number of methoxy groups -OCH3 is 1. The molecule has 31 heavy (non-hydrogen) atoms. The second-order valence-corrected chi connectivity index (χ2v) is 7.53. The predicted molar refractivity (Wildman–Crippen MR) is 113 cm³/mol. The van der Waals surface area contributed by atoms with E-state index in [0.29, 0.717) is 58.5 Å². The number of benzene rings is 2. The number of rotatable bonds is 7. The summed E-state index contributed by atoms with van der Waals surface area (Å²) >= 11 is 6.28. The van der Waals surface area contributed by atoms with E-state index in [1.165, 1.54) is 19.2 Å². The summed E-state index contributed by atoms with van der Waals surface area (Å²) < 4.78 is 11.1. The molecular formula is C22H17ClN2O6. The number of nitrogens with zero attached hydrogens (tertiary/aromatic N) is 1. The van der Waals surface area contributed by atoms with Crippen molar-refractivity contribution < 1.29 is 29.0 Å². The molecule has 0 bridgehead atoms. The van der Waals surface area contributed by atoms with E-state index >= 15 is 0 Å². The molecule has 0 aliphatic heterocycles. The molecule has 0 saturated heterocycles. The number of pyridine rings is 1. The molecule has 4 rings (SSSR count). The molecule has 1 aliphatic rings. The van der Waals surface area contributed by atoms with Crippen LogP contribution in [0, 0.1) is 5.41 Å². The molecule has 8 nitrogen and oxygen atoms in total. The first kappa shape index (κ1) is 20.6. The molecule has 2 N–H and O–H groups in total. The van der Waals surface area contributed by atoms with Crippen molar-refractivity contribution in [3.63, 3.8) is 0 Å². The van der Waals surface area contributed by atoms with E-state index in [0.717, 1.165) is 0 Å². The van der Waals surface area contributed by atoms with E-state index in [-0.39, 0.29) is 5.02 Å². The number of aliphatic carboxylic acids is 1. The lowest BCUT2D eigenvalue weighted by atomic mass is 10.1. The molecule has 0 atom stereocenters. The zero-order valence-corrected chi connectivity index (χ0v) is 17.1. The fourth-order valence-corrected chi connectivity index (χ4v) is 3.43. The van der Waals surface area contributed by atoms with Crippen molar-refractivity contribution in [2.45, 2.75) is 12.8 Å². The number of aromatic nitrogens is 1. The fourth-order valence-electron chi connectivity index (χ4n) is 3.22. The molecule has 158 valence electrons. The fraction of sp³-hybridized carbons (Fsp3) is 0.182. The lowest BCUT2D eigenvalue weighted by Gasteiger charge is -2.14. The monoisotopic (exact) mass is 440 g/mol. The van der Waals surface area contributed by atoms with Crippen LogP contribution >= 0.6 is 11.6 Å². The Labute approximate surface area is 181 Å². The van der Waals surface area contributed by atoms with E-state index < -0.39 is 17.3 Å². The lowest BCUT2D eigenvalue weighted by Crippen LogP contribution is -2.31. The summed E-state index contributed by atoms with van der Waals surface area (Å²) in [5, 5.41) is 12.6. The predicted octanol–water partition coefficient (Wildman–Crippen LogP) is 4.30. The number of nitrogens with one attached hydrogen (secondary N) is 1. The van der Waals surface area contributed by atoms with Gasteiger partial charge in [0.15, 0.2) is 6.29 Å². The van der Waals surface area contributed by atoms with Crippen LogP contribution in [0.25, 0.3) is 10.9 Å². The molecule has 1 amide bonds. The van der Waals surface area contributed by atoms with E-state index in [4.69, 9.17) is 21.1 Å². The third-order valence-electron chi connectivity index (χ3n) is 5.19. The largest absolute Gasteiger partial charge is 0.496 e. The average molecular weight is 441 g/mol. The minimum absolute atomic E-state index is 0.195. The van der Waals surface area contributed by atoms with Crippen molar-refractivity contribution in [2.75, 3.05) is 12.4 Å². The highest BCUT2D eigenvalue weighted by Crippen LogP contribution is 2.47. The minimum Gasteiger partial charge on any atom is -0.496 e. The van der Waals surface area contributed by atoms with E-state index in [1.807, 2.05) is 0 Å². The number of carbonyl (C=O) groups excluding carboxylic acids is 2. The number of halogens is 1. The Balaban J connectivity index is 1.60. The summed E-state index contributed by atoms with van der Waals surface area (Å²) in [6.07, 6.45) is 2.85. The Hall–Kier alpha value is -3.65. The average Bonchev–Trinajstić information content (AvgIpc) is 3.57. The number of fused-ring (bicyclic) bond motifs is 1. The van der Waals surface area contributed by atoms with Gasteiger partial charge >= 0.3 is 5.97 Å². The standard InChI is InChI=1S/C22H17ClN2O6/c1-30-19-10-17-14(8-12(19)11-26)18(4-7-24-17)31-13-2-3-16(15(23)9-13)25-20(27)22(5-6-22)21(28)29/h2-4,7-11H,5-6H2,1H3,(H,25,27)(H,28,29). The van der Waals surface area contributed by atoms with Crippen LogP contribution in [0.3, 0.4) is 0 Å². The van der Waals surface area contributed by atoms with Gasteiger partial charge in [0.1, 0.15) is 22.7 Å². The van der Waals surface area contributed by atoms with E-state index in [1.54, 1.807) is 30.5 Å². The maximum Gasteiger partial charge on any atom is 0.319 e. The number of hydrogen-bond acceptors (Lipinski definition) is 6. The quantitative estimate of drug-likeness (QED) is 0.415. The second-order valence-electron chi connectivity index (χ2n) is 7.12. The SMILES string of the molecule is COc1cc2nccc(Oc3ccc(NC(=O)C4(C(=O)O)CC4)c(Cl)c3)c2cc1C=O. The zero-order valence-electron chi connectivity index (χ0n) is 16.3. The summed E-state index contributed by atoms with van der Waals surface area (Å²) in [5.74, 6) is -0.488. The van der Waals surface area contributed by atoms with Crippen molar-refractivity contribution >= 4 is 46.4 Å². The first-order valence-corrected chi connectivity index (χ1v) is 9.70. The molecule has 2 aromatic carbocycles. The summed E-state index contributed by atoms with van der Waals surface area (Å²) in [6.45, 7) is 0. The topological polar surface area (TPSA) is 115 Å². The molecule has 1 heterocycles. The molecule has 9 heteroatoms. The lowest BCUT2D eigenvalue weighted by molar-refractivity contribution is -0.147. The number of carboxylic acid groups (broad SMARTS) is 1. The molecule has 1 aliphatic carbocycles. The minimum atomic E-state index is -1.37. The number of carboxylic acids is 1. The molecule has 1 aromatic heterocycles. The van der Waals surface area contributed by atoms with Gasteiger partial charge in [-0.2, -0.15) is 0 Å². The smallest absolute Gasteiger partial charge is 0.319 e. The zero-order chi connectivity index (χ0) is 22.2. The number of ether oxygens (including phenoxy) is 2. The van der Waals surface area contributed by atoms with Crippen LogP contribution in [0.2, 0.25) is 5.02 Å². The van der Waals surface area contributed by atoms with Crippen LogP contribution in [0.4, 0.5) is 5.69 Å². The molecule has 1 saturated carbocycles. The molecule has 0 unspecified atom stereocenters. The number of amides is 1. The Kier molecular flexibility index (Phi) is 5.24. The Bertz CT molecular complexity index is 1220. The maximum atomic E-state index is 12.3. The van der Waals surface area contributed by atoms with Gasteiger partial charge in [0.2, 0.25) is 5.91 Å². The summed E-state index contributed by atoms with van der Waals surface area (Å²) in [6, 6.07) is 9.56. The number of carbonyl (C=O) groups is 3. The van der Waals surface area contributed by atoms with Crippen molar-refractivity contribution in [1.82, 2.24) is 4.98 Å². The van der Waals surface area contributed by atoms with Crippen molar-refractivity contribution in [3.8, 4) is 17.2 Å². The first-order valence-electron chi connectivity index (χ1n) is 9.32. The summed E-state index contributed by atoms with van der Waals surface area (Å²) in [7, 11) is 1.47. The van der Waals surface area contributed by atoms with Gasteiger partial charge in [-0.05, 0) is 37.1 Å². The van der Waals surface area contributed by atoms with Crippen LogP contribution in [-0.4, -0.2) is 35.4 Å².